The standard InChI is InChI=1S/C18H32O2/c1-2-3-4-5-6-7-8-9-10-11-12-13-14-15-16-17-18(19)20/h8-9,13-14H,2-7,10-12,15-17H2,1H3,(H,19,20)/b9-8-,14-13-. The summed E-state index contributed by atoms with van der Waals surface area (Å²) >= 11 is 0. The van der Waals surface area contributed by atoms with E-state index in [9.17, 15) is 4.79 Å². The highest BCUT2D eigenvalue weighted by Gasteiger charge is 1.93. The zero-order valence-electron chi connectivity index (χ0n) is 13.2. The number of hydrogen-bond acceptors (Lipinski definition) is 1. The molecule has 0 aromatic heterocycles. The van der Waals surface area contributed by atoms with Gasteiger partial charge in [-0.3, -0.25) is 4.79 Å². The Balaban J connectivity index is 3.18. The van der Waals surface area contributed by atoms with Gasteiger partial charge in [0, 0.05) is 6.42 Å². The van der Waals surface area contributed by atoms with E-state index in [1.807, 2.05) is 0 Å². The third-order valence-electron chi connectivity index (χ3n) is 3.31. The van der Waals surface area contributed by atoms with Crippen molar-refractivity contribution in [2.24, 2.45) is 0 Å². The molecule has 116 valence electrons. The molecule has 0 aliphatic heterocycles. The van der Waals surface area contributed by atoms with Gasteiger partial charge >= 0.3 is 5.97 Å². The number of aliphatic carboxylic acids is 1. The van der Waals surface area contributed by atoms with Crippen molar-refractivity contribution in [3.8, 4) is 0 Å². The summed E-state index contributed by atoms with van der Waals surface area (Å²) in [5.41, 5.74) is 0. The summed E-state index contributed by atoms with van der Waals surface area (Å²) in [7, 11) is 0. The normalized spacial score (nSPS) is 11.7. The van der Waals surface area contributed by atoms with E-state index in [1.165, 1.54) is 44.9 Å². The third kappa shape index (κ3) is 16.9. The van der Waals surface area contributed by atoms with Crippen LogP contribution in [0, 0.1) is 0 Å². The largest absolute Gasteiger partial charge is 0.481 e. The monoisotopic (exact) mass is 280 g/mol. The van der Waals surface area contributed by atoms with Crippen LogP contribution in [-0.4, -0.2) is 11.1 Å². The quantitative estimate of drug-likeness (QED) is 0.318. The second-order valence-corrected chi connectivity index (χ2v) is 5.36. The summed E-state index contributed by atoms with van der Waals surface area (Å²) in [6.07, 6.45) is 22.3. The molecule has 20 heavy (non-hydrogen) atoms. The summed E-state index contributed by atoms with van der Waals surface area (Å²) in [4.78, 5) is 10.3. The molecule has 0 aliphatic carbocycles. The molecule has 0 aromatic carbocycles. The van der Waals surface area contributed by atoms with Crippen LogP contribution < -0.4 is 0 Å². The molecular weight excluding hydrogens is 248 g/mol. The SMILES string of the molecule is CCCCCCC/C=C\CCC/C=C\CCCC(=O)O. The molecule has 0 bridgehead atoms. The minimum absolute atomic E-state index is 0.283. The Morgan fingerprint density at radius 1 is 0.750 bits per heavy atom. The van der Waals surface area contributed by atoms with Crippen LogP contribution in [0.2, 0.25) is 0 Å². The zero-order chi connectivity index (χ0) is 14.9. The molecule has 0 rings (SSSR count). The fourth-order valence-electron chi connectivity index (χ4n) is 2.06. The van der Waals surface area contributed by atoms with Gasteiger partial charge in [-0.25, -0.2) is 0 Å². The molecule has 2 nitrogen and oxygen atoms in total. The minimum atomic E-state index is -0.696. The smallest absolute Gasteiger partial charge is 0.303 e. The Hall–Kier alpha value is -1.05. The second kappa shape index (κ2) is 16.0. The Labute approximate surface area is 125 Å². The van der Waals surface area contributed by atoms with E-state index < -0.39 is 5.97 Å². The molecule has 0 aliphatic rings. The summed E-state index contributed by atoms with van der Waals surface area (Å²) in [6.45, 7) is 2.25. The highest BCUT2D eigenvalue weighted by molar-refractivity contribution is 5.66. The highest BCUT2D eigenvalue weighted by atomic mass is 16.4. The lowest BCUT2D eigenvalue weighted by molar-refractivity contribution is -0.137. The summed E-state index contributed by atoms with van der Waals surface area (Å²) in [5, 5.41) is 8.49. The zero-order valence-corrected chi connectivity index (χ0v) is 13.2. The van der Waals surface area contributed by atoms with Crippen molar-refractivity contribution in [3.05, 3.63) is 24.3 Å². The molecule has 0 aromatic rings. The predicted octanol–water partition coefficient (Wildman–Crippen LogP) is 5.88. The van der Waals surface area contributed by atoms with Gasteiger partial charge in [0.1, 0.15) is 0 Å². The summed E-state index contributed by atoms with van der Waals surface area (Å²) in [5.74, 6) is -0.696. The van der Waals surface area contributed by atoms with E-state index in [0.29, 0.717) is 0 Å². The third-order valence-corrected chi connectivity index (χ3v) is 3.31. The number of carbonyl (C=O) groups is 1. The van der Waals surface area contributed by atoms with Crippen molar-refractivity contribution < 1.29 is 9.90 Å². The van der Waals surface area contributed by atoms with Gasteiger partial charge < -0.3 is 5.11 Å². The van der Waals surface area contributed by atoms with Gasteiger partial charge in [0.2, 0.25) is 0 Å². The number of hydrogen-bond donors (Lipinski definition) is 1. The summed E-state index contributed by atoms with van der Waals surface area (Å²) in [6, 6.07) is 0. The van der Waals surface area contributed by atoms with Crippen molar-refractivity contribution in [3.63, 3.8) is 0 Å². The molecule has 0 fully saturated rings. The Kier molecular flexibility index (Phi) is 15.2. The summed E-state index contributed by atoms with van der Waals surface area (Å²) < 4.78 is 0. The first-order valence-electron chi connectivity index (χ1n) is 8.29. The maximum atomic E-state index is 10.3. The number of carboxylic acid groups (broad SMARTS) is 1. The molecule has 1 N–H and O–H groups in total. The molecule has 0 radical (unpaired) electrons. The second-order valence-electron chi connectivity index (χ2n) is 5.36. The Morgan fingerprint density at radius 2 is 1.25 bits per heavy atom. The predicted molar refractivity (Wildman–Crippen MR) is 87.0 cm³/mol. The first-order valence-corrected chi connectivity index (χ1v) is 8.29. The van der Waals surface area contributed by atoms with Crippen LogP contribution >= 0.6 is 0 Å². The Morgan fingerprint density at radius 3 is 1.80 bits per heavy atom. The molecule has 0 saturated carbocycles. The van der Waals surface area contributed by atoms with E-state index in [1.54, 1.807) is 0 Å². The average molecular weight is 280 g/mol. The van der Waals surface area contributed by atoms with Crippen LogP contribution in [0.4, 0.5) is 0 Å². The van der Waals surface area contributed by atoms with E-state index >= 15 is 0 Å². The fourth-order valence-corrected chi connectivity index (χ4v) is 2.06. The number of carboxylic acids is 1. The lowest BCUT2D eigenvalue weighted by atomic mass is 10.1. The van der Waals surface area contributed by atoms with E-state index in [2.05, 4.69) is 31.2 Å². The van der Waals surface area contributed by atoms with Gasteiger partial charge in [-0.05, 0) is 44.9 Å². The molecule has 0 spiro atoms. The first-order chi connectivity index (χ1) is 9.77. The van der Waals surface area contributed by atoms with Gasteiger partial charge in [0.05, 0.1) is 0 Å². The van der Waals surface area contributed by atoms with Crippen molar-refractivity contribution in [1.82, 2.24) is 0 Å². The maximum Gasteiger partial charge on any atom is 0.303 e. The van der Waals surface area contributed by atoms with Crippen molar-refractivity contribution >= 4 is 5.97 Å². The average Bonchev–Trinajstić information content (AvgIpc) is 2.43. The maximum absolute atomic E-state index is 10.3. The van der Waals surface area contributed by atoms with Crippen molar-refractivity contribution in [2.75, 3.05) is 0 Å². The lowest BCUT2D eigenvalue weighted by Gasteiger charge is -1.96. The molecule has 0 saturated heterocycles. The molecular formula is C18H32O2. The van der Waals surface area contributed by atoms with Crippen LogP contribution in [0.5, 0.6) is 0 Å². The lowest BCUT2D eigenvalue weighted by Crippen LogP contribution is -1.92. The molecule has 2 heteroatoms. The van der Waals surface area contributed by atoms with E-state index in [0.717, 1.165) is 25.7 Å². The van der Waals surface area contributed by atoms with Crippen LogP contribution in [-0.2, 0) is 4.79 Å². The van der Waals surface area contributed by atoms with Gasteiger partial charge in [-0.15, -0.1) is 0 Å². The van der Waals surface area contributed by atoms with Gasteiger partial charge in [-0.2, -0.15) is 0 Å². The number of unbranched alkanes of at least 4 members (excludes halogenated alkanes) is 8. The minimum Gasteiger partial charge on any atom is -0.481 e. The topological polar surface area (TPSA) is 37.3 Å². The van der Waals surface area contributed by atoms with Crippen LogP contribution in [0.3, 0.4) is 0 Å². The first kappa shape index (κ1) is 18.9. The number of allylic oxidation sites excluding steroid dienone is 4. The molecule has 0 unspecified atom stereocenters. The van der Waals surface area contributed by atoms with Crippen molar-refractivity contribution in [2.45, 2.75) is 84.0 Å². The molecule has 0 amide bonds. The highest BCUT2D eigenvalue weighted by Crippen LogP contribution is 2.06. The van der Waals surface area contributed by atoms with Crippen LogP contribution in [0.25, 0.3) is 0 Å². The van der Waals surface area contributed by atoms with E-state index in [4.69, 9.17) is 5.11 Å². The van der Waals surface area contributed by atoms with E-state index in [-0.39, 0.29) is 6.42 Å². The molecule has 0 atom stereocenters. The van der Waals surface area contributed by atoms with Gasteiger partial charge in [-0.1, -0.05) is 56.9 Å². The van der Waals surface area contributed by atoms with Crippen LogP contribution in [0.1, 0.15) is 84.0 Å². The Bertz CT molecular complexity index is 267. The fraction of sp³-hybridized carbons (Fsp3) is 0.722. The molecule has 0 heterocycles. The van der Waals surface area contributed by atoms with Crippen molar-refractivity contribution in [1.29, 1.82) is 0 Å². The van der Waals surface area contributed by atoms with Crippen LogP contribution in [0.15, 0.2) is 24.3 Å². The van der Waals surface area contributed by atoms with Gasteiger partial charge in [0.15, 0.2) is 0 Å². The number of rotatable bonds is 14. The van der Waals surface area contributed by atoms with Gasteiger partial charge in [0.25, 0.3) is 0 Å².